The lowest BCUT2D eigenvalue weighted by Crippen LogP contribution is -2.36. The number of hydrogen-bond donors (Lipinski definition) is 4. The Morgan fingerprint density at radius 2 is 1.90 bits per heavy atom. The van der Waals surface area contributed by atoms with E-state index >= 15 is 0 Å². The average molecular weight is 404 g/mol. The molecular weight excluding hydrogens is 384 g/mol. The Morgan fingerprint density at radius 1 is 1.13 bits per heavy atom. The van der Waals surface area contributed by atoms with E-state index in [1.54, 1.807) is 18.2 Å². The molecule has 3 aromatic rings. The molecule has 1 aliphatic rings. The monoisotopic (exact) mass is 404 g/mol. The Labute approximate surface area is 172 Å². The van der Waals surface area contributed by atoms with E-state index in [4.69, 9.17) is 5.21 Å². The van der Waals surface area contributed by atoms with E-state index in [1.807, 2.05) is 42.6 Å². The largest absolute Gasteiger partial charge is 0.361 e. The van der Waals surface area contributed by atoms with Gasteiger partial charge in [-0.25, -0.2) is 10.3 Å². The van der Waals surface area contributed by atoms with Crippen molar-refractivity contribution in [2.24, 2.45) is 0 Å². The number of hydrogen-bond acceptors (Lipinski definition) is 4. The maximum absolute atomic E-state index is 12.4. The summed E-state index contributed by atoms with van der Waals surface area (Å²) >= 11 is 0. The predicted molar refractivity (Wildman–Crippen MR) is 110 cm³/mol. The van der Waals surface area contributed by atoms with Gasteiger partial charge < -0.3 is 9.88 Å². The molecule has 0 saturated carbocycles. The van der Waals surface area contributed by atoms with Crippen molar-refractivity contribution < 1.29 is 19.6 Å². The number of aromatic nitrogens is 1. The van der Waals surface area contributed by atoms with Gasteiger partial charge in [0.05, 0.1) is 0 Å². The Kier molecular flexibility index (Phi) is 5.32. The van der Waals surface area contributed by atoms with Gasteiger partial charge >= 0.3 is 6.03 Å². The Hall–Kier alpha value is -3.91. The summed E-state index contributed by atoms with van der Waals surface area (Å²) in [6.07, 6.45) is 5.06. The van der Waals surface area contributed by atoms with Crippen LogP contribution in [-0.2, 0) is 22.6 Å². The SMILES string of the molecule is O=C(/C=C/c1ccc(CN2C(=O)NC(=O)C2Cc2c[nH]c3ccccc23)cc1)NO. The fraction of sp³-hybridized carbons (Fsp3) is 0.136. The molecule has 152 valence electrons. The highest BCUT2D eigenvalue weighted by molar-refractivity contribution is 6.04. The number of carbonyl (C=O) groups excluding carboxylic acids is 3. The molecule has 8 nitrogen and oxygen atoms in total. The van der Waals surface area contributed by atoms with Crippen LogP contribution in [-0.4, -0.2) is 39.0 Å². The molecule has 4 rings (SSSR count). The number of carbonyl (C=O) groups is 3. The molecule has 1 aliphatic heterocycles. The molecule has 0 spiro atoms. The van der Waals surface area contributed by atoms with Crippen LogP contribution in [0.25, 0.3) is 17.0 Å². The van der Waals surface area contributed by atoms with Gasteiger partial charge in [0.25, 0.3) is 11.8 Å². The zero-order valence-corrected chi connectivity index (χ0v) is 16.0. The highest BCUT2D eigenvalue weighted by atomic mass is 16.5. The summed E-state index contributed by atoms with van der Waals surface area (Å²) in [4.78, 5) is 40.6. The third-order valence-corrected chi connectivity index (χ3v) is 5.13. The van der Waals surface area contributed by atoms with E-state index in [9.17, 15) is 14.4 Å². The van der Waals surface area contributed by atoms with Crippen LogP contribution in [0.5, 0.6) is 0 Å². The number of H-pyrrole nitrogens is 1. The van der Waals surface area contributed by atoms with Crippen molar-refractivity contribution in [1.82, 2.24) is 20.7 Å². The van der Waals surface area contributed by atoms with Gasteiger partial charge in [0.2, 0.25) is 0 Å². The number of imide groups is 1. The molecule has 30 heavy (non-hydrogen) atoms. The van der Waals surface area contributed by atoms with Gasteiger partial charge in [-0.2, -0.15) is 0 Å². The van der Waals surface area contributed by atoms with Crippen LogP contribution in [0.15, 0.2) is 60.8 Å². The maximum atomic E-state index is 12.4. The minimum atomic E-state index is -0.619. The van der Waals surface area contributed by atoms with Crippen molar-refractivity contribution in [3.63, 3.8) is 0 Å². The van der Waals surface area contributed by atoms with E-state index in [0.717, 1.165) is 27.6 Å². The number of nitrogens with one attached hydrogen (secondary N) is 3. The van der Waals surface area contributed by atoms with E-state index in [1.165, 1.54) is 16.5 Å². The lowest BCUT2D eigenvalue weighted by Gasteiger charge is -2.21. The van der Waals surface area contributed by atoms with Gasteiger partial charge in [-0.3, -0.25) is 20.1 Å². The Morgan fingerprint density at radius 3 is 2.67 bits per heavy atom. The van der Waals surface area contributed by atoms with Crippen LogP contribution >= 0.6 is 0 Å². The molecule has 0 radical (unpaired) electrons. The molecular formula is C22H20N4O4. The molecule has 2 heterocycles. The van der Waals surface area contributed by atoms with Gasteiger partial charge in [-0.05, 0) is 28.8 Å². The summed E-state index contributed by atoms with van der Waals surface area (Å²) in [6, 6.07) is 14.1. The standard InChI is InChI=1S/C22H20N4O4/c27-20(25-30)10-9-14-5-7-15(8-6-14)13-26-19(21(28)24-22(26)29)11-16-12-23-18-4-2-1-3-17(16)18/h1-10,12,19,23,30H,11,13H2,(H,25,27)(H,24,28,29)/b10-9+. The van der Waals surface area contributed by atoms with E-state index < -0.39 is 18.0 Å². The lowest BCUT2D eigenvalue weighted by molar-refractivity contribution is -0.124. The fourth-order valence-corrected chi connectivity index (χ4v) is 3.58. The summed E-state index contributed by atoms with van der Waals surface area (Å²) in [5, 5.41) is 12.0. The van der Waals surface area contributed by atoms with Crippen molar-refractivity contribution in [3.8, 4) is 0 Å². The van der Waals surface area contributed by atoms with Crippen LogP contribution in [0.4, 0.5) is 4.79 Å². The number of rotatable bonds is 6. The minimum absolute atomic E-state index is 0.283. The minimum Gasteiger partial charge on any atom is -0.361 e. The zero-order valence-electron chi connectivity index (χ0n) is 16.0. The molecule has 4 N–H and O–H groups in total. The summed E-state index contributed by atoms with van der Waals surface area (Å²) in [5.74, 6) is -0.925. The smallest absolute Gasteiger partial charge is 0.325 e. The quantitative estimate of drug-likeness (QED) is 0.218. The van der Waals surface area contributed by atoms with Crippen LogP contribution in [0, 0.1) is 0 Å². The van der Waals surface area contributed by atoms with Gasteiger partial charge in [0.1, 0.15) is 6.04 Å². The highest BCUT2D eigenvalue weighted by Crippen LogP contribution is 2.23. The zero-order chi connectivity index (χ0) is 21.1. The molecule has 1 aromatic heterocycles. The fourth-order valence-electron chi connectivity index (χ4n) is 3.58. The van der Waals surface area contributed by atoms with Crippen molar-refractivity contribution in [2.45, 2.75) is 19.0 Å². The molecule has 0 bridgehead atoms. The van der Waals surface area contributed by atoms with Crippen molar-refractivity contribution in [3.05, 3.63) is 77.5 Å². The number of fused-ring (bicyclic) bond motifs is 1. The molecule has 1 unspecified atom stereocenters. The summed E-state index contributed by atoms with van der Waals surface area (Å²) in [7, 11) is 0. The number of nitrogens with zero attached hydrogens (tertiary/aromatic N) is 1. The maximum Gasteiger partial charge on any atom is 0.325 e. The topological polar surface area (TPSA) is 115 Å². The van der Waals surface area contributed by atoms with Crippen LogP contribution < -0.4 is 10.8 Å². The van der Waals surface area contributed by atoms with Crippen molar-refractivity contribution in [2.75, 3.05) is 0 Å². The molecule has 8 heteroatoms. The second-order valence-corrected chi connectivity index (χ2v) is 7.05. The number of aromatic amines is 1. The van der Waals surface area contributed by atoms with E-state index in [-0.39, 0.29) is 12.5 Å². The highest BCUT2D eigenvalue weighted by Gasteiger charge is 2.38. The predicted octanol–water partition coefficient (Wildman–Crippen LogP) is 2.35. The molecule has 1 atom stereocenters. The third kappa shape index (κ3) is 3.94. The average Bonchev–Trinajstić information content (AvgIpc) is 3.28. The Bertz CT molecular complexity index is 1130. The normalized spacial score (nSPS) is 16.4. The third-order valence-electron chi connectivity index (χ3n) is 5.13. The number of para-hydroxylation sites is 1. The lowest BCUT2D eigenvalue weighted by atomic mass is 10.0. The first-order chi connectivity index (χ1) is 14.5. The first kappa shape index (κ1) is 19.4. The first-order valence-corrected chi connectivity index (χ1v) is 9.42. The van der Waals surface area contributed by atoms with Gasteiger partial charge in [-0.1, -0.05) is 42.5 Å². The summed E-state index contributed by atoms with van der Waals surface area (Å²) in [6.45, 7) is 0.283. The number of hydroxylamine groups is 1. The van der Waals surface area contributed by atoms with Crippen molar-refractivity contribution in [1.29, 1.82) is 0 Å². The Balaban J connectivity index is 1.50. The summed E-state index contributed by atoms with van der Waals surface area (Å²) < 4.78 is 0. The van der Waals surface area contributed by atoms with Crippen LogP contribution in [0.3, 0.4) is 0 Å². The first-order valence-electron chi connectivity index (χ1n) is 9.42. The summed E-state index contributed by atoms with van der Waals surface area (Å²) in [5.41, 5.74) is 5.11. The van der Waals surface area contributed by atoms with Gasteiger partial charge in [0.15, 0.2) is 0 Å². The molecule has 4 amide bonds. The molecule has 2 aromatic carbocycles. The number of benzene rings is 2. The molecule has 0 aliphatic carbocycles. The number of amides is 4. The van der Waals surface area contributed by atoms with Crippen LogP contribution in [0.2, 0.25) is 0 Å². The van der Waals surface area contributed by atoms with Gasteiger partial charge in [0, 0.05) is 36.1 Å². The van der Waals surface area contributed by atoms with Crippen LogP contribution in [0.1, 0.15) is 16.7 Å². The second kappa shape index (κ2) is 8.22. The van der Waals surface area contributed by atoms with Gasteiger partial charge in [-0.15, -0.1) is 0 Å². The molecule has 1 fully saturated rings. The molecule has 1 saturated heterocycles. The number of urea groups is 1. The van der Waals surface area contributed by atoms with Crippen molar-refractivity contribution >= 4 is 34.8 Å². The second-order valence-electron chi connectivity index (χ2n) is 7.05. The van der Waals surface area contributed by atoms with E-state index in [2.05, 4.69) is 10.3 Å². The van der Waals surface area contributed by atoms with E-state index in [0.29, 0.717) is 6.42 Å².